The van der Waals surface area contributed by atoms with Crippen LogP contribution in [0.4, 0.5) is 17.3 Å². The van der Waals surface area contributed by atoms with E-state index in [2.05, 4.69) is 49.3 Å². The van der Waals surface area contributed by atoms with E-state index in [1.54, 1.807) is 6.33 Å². The second kappa shape index (κ2) is 8.37. The van der Waals surface area contributed by atoms with Gasteiger partial charge in [-0.15, -0.1) is 0 Å². The molecule has 3 heterocycles. The van der Waals surface area contributed by atoms with E-state index >= 15 is 0 Å². The molecule has 0 aromatic carbocycles. The van der Waals surface area contributed by atoms with Gasteiger partial charge < -0.3 is 26.7 Å². The van der Waals surface area contributed by atoms with Gasteiger partial charge in [-0.2, -0.15) is 0 Å². The minimum atomic E-state index is -0.259. The lowest BCUT2D eigenvalue weighted by Gasteiger charge is -2.37. The van der Waals surface area contributed by atoms with Crippen molar-refractivity contribution in [2.75, 3.05) is 22.1 Å². The maximum Gasteiger partial charge on any atom is 0.159 e. The lowest BCUT2D eigenvalue weighted by molar-refractivity contribution is 0.445. The van der Waals surface area contributed by atoms with E-state index in [0.29, 0.717) is 12.1 Å². The lowest BCUT2D eigenvalue weighted by atomic mass is 9.78. The molecule has 0 amide bonds. The van der Waals surface area contributed by atoms with Crippen LogP contribution in [0.2, 0.25) is 0 Å². The topological polar surface area (TPSA) is 129 Å². The maximum absolute atomic E-state index is 8.51. The molecule has 0 fully saturated rings. The molecule has 2 aromatic rings. The summed E-state index contributed by atoms with van der Waals surface area (Å²) in [6.07, 6.45) is 7.54. The molecule has 9 nitrogen and oxygen atoms in total. The summed E-state index contributed by atoms with van der Waals surface area (Å²) in [4.78, 5) is 20.1. The maximum atomic E-state index is 8.51. The van der Waals surface area contributed by atoms with Crippen molar-refractivity contribution in [2.45, 2.75) is 65.6 Å². The smallest absolute Gasteiger partial charge is 0.159 e. The fourth-order valence-electron chi connectivity index (χ4n) is 4.46. The van der Waals surface area contributed by atoms with Crippen molar-refractivity contribution < 1.29 is 0 Å². The summed E-state index contributed by atoms with van der Waals surface area (Å²) < 4.78 is 0. The zero-order valence-corrected chi connectivity index (χ0v) is 19.5. The molecule has 5 N–H and O–H groups in total. The molecule has 0 bridgehead atoms. The zero-order chi connectivity index (χ0) is 23.0. The van der Waals surface area contributed by atoms with Crippen molar-refractivity contribution in [3.8, 4) is 0 Å². The van der Waals surface area contributed by atoms with E-state index in [-0.39, 0.29) is 17.6 Å². The van der Waals surface area contributed by atoms with Gasteiger partial charge >= 0.3 is 0 Å². The van der Waals surface area contributed by atoms with Crippen LogP contribution in [0.25, 0.3) is 0 Å². The van der Waals surface area contributed by atoms with Gasteiger partial charge in [0.2, 0.25) is 0 Å². The van der Waals surface area contributed by atoms with E-state index in [1.807, 2.05) is 33.2 Å². The highest BCUT2D eigenvalue weighted by atomic mass is 15.4. The molecular weight excluding hydrogens is 402 g/mol. The molecule has 2 unspecified atom stereocenters. The van der Waals surface area contributed by atoms with Crippen LogP contribution in [-0.2, 0) is 0 Å². The third kappa shape index (κ3) is 3.99. The molecule has 0 saturated heterocycles. The number of hydrogen-bond acceptors (Lipinski definition) is 9. The SMILES string of the molecule is CCN1c2ncnc(NC3(C)CCC(N)=C(C(=N)C(C)C)C3)c2NC1c1cnc(C)nc1. The van der Waals surface area contributed by atoms with Crippen molar-refractivity contribution in [3.63, 3.8) is 0 Å². The van der Waals surface area contributed by atoms with E-state index in [0.717, 1.165) is 59.4 Å². The number of allylic oxidation sites excluding steroid dienone is 1. The zero-order valence-electron chi connectivity index (χ0n) is 19.5. The Balaban J connectivity index is 1.62. The minimum Gasteiger partial charge on any atom is -0.402 e. The molecule has 9 heteroatoms. The van der Waals surface area contributed by atoms with Gasteiger partial charge in [0.05, 0.1) is 0 Å². The first-order valence-electron chi connectivity index (χ1n) is 11.2. The van der Waals surface area contributed by atoms with Gasteiger partial charge in [0.1, 0.15) is 24.0 Å². The summed E-state index contributed by atoms with van der Waals surface area (Å²) in [6.45, 7) is 11.0. The summed E-state index contributed by atoms with van der Waals surface area (Å²) in [5, 5.41) is 15.8. The fraction of sp³-hybridized carbons (Fsp3) is 0.522. The Bertz CT molecular complexity index is 1040. The van der Waals surface area contributed by atoms with Gasteiger partial charge in [0.15, 0.2) is 11.6 Å². The monoisotopic (exact) mass is 435 g/mol. The minimum absolute atomic E-state index is 0.104. The molecule has 2 aliphatic rings. The predicted octanol–water partition coefficient (Wildman–Crippen LogP) is 3.77. The Labute approximate surface area is 189 Å². The number of nitrogens with zero attached hydrogens (tertiary/aromatic N) is 5. The van der Waals surface area contributed by atoms with Gasteiger partial charge in [-0.1, -0.05) is 13.8 Å². The Hall–Kier alpha value is -3.23. The predicted molar refractivity (Wildman–Crippen MR) is 128 cm³/mol. The summed E-state index contributed by atoms with van der Waals surface area (Å²) in [6, 6.07) is 0. The third-order valence-corrected chi connectivity index (χ3v) is 6.37. The van der Waals surface area contributed by atoms with Crippen molar-refractivity contribution in [1.29, 1.82) is 5.41 Å². The Kier molecular flexibility index (Phi) is 5.75. The molecule has 32 heavy (non-hydrogen) atoms. The summed E-state index contributed by atoms with van der Waals surface area (Å²) in [5.74, 6) is 2.52. The number of nitrogens with one attached hydrogen (secondary N) is 3. The fourth-order valence-corrected chi connectivity index (χ4v) is 4.46. The van der Waals surface area contributed by atoms with E-state index < -0.39 is 0 Å². The number of hydrogen-bond donors (Lipinski definition) is 4. The Morgan fingerprint density at radius 2 is 2.03 bits per heavy atom. The molecule has 2 atom stereocenters. The van der Waals surface area contributed by atoms with Gasteiger partial charge in [-0.05, 0) is 51.5 Å². The first kappa shape index (κ1) is 22.0. The average Bonchev–Trinajstić information content (AvgIpc) is 3.15. The first-order chi connectivity index (χ1) is 15.2. The molecular formula is C23H33N9. The second-order valence-corrected chi connectivity index (χ2v) is 9.25. The van der Waals surface area contributed by atoms with Crippen LogP contribution < -0.4 is 21.3 Å². The number of nitrogens with two attached hydrogens (primary N) is 1. The van der Waals surface area contributed by atoms with Crippen LogP contribution in [0, 0.1) is 18.3 Å². The van der Waals surface area contributed by atoms with Gasteiger partial charge in [-0.25, -0.2) is 19.9 Å². The number of rotatable bonds is 6. The highest BCUT2D eigenvalue weighted by molar-refractivity contribution is 6.00. The lowest BCUT2D eigenvalue weighted by Crippen LogP contribution is -2.41. The highest BCUT2D eigenvalue weighted by Crippen LogP contribution is 2.44. The van der Waals surface area contributed by atoms with Crippen LogP contribution in [0.15, 0.2) is 30.0 Å². The summed E-state index contributed by atoms with van der Waals surface area (Å²) in [5.41, 5.74) is 10.3. The Morgan fingerprint density at radius 3 is 2.69 bits per heavy atom. The van der Waals surface area contributed by atoms with Crippen LogP contribution in [0.1, 0.15) is 64.5 Å². The molecule has 1 aliphatic heterocycles. The van der Waals surface area contributed by atoms with E-state index in [4.69, 9.17) is 11.1 Å². The summed E-state index contributed by atoms with van der Waals surface area (Å²) >= 11 is 0. The highest BCUT2D eigenvalue weighted by Gasteiger charge is 2.37. The van der Waals surface area contributed by atoms with Crippen LogP contribution >= 0.6 is 0 Å². The van der Waals surface area contributed by atoms with Crippen molar-refractivity contribution in [3.05, 3.63) is 41.4 Å². The molecule has 1 aliphatic carbocycles. The first-order valence-corrected chi connectivity index (χ1v) is 11.2. The van der Waals surface area contributed by atoms with Crippen LogP contribution in [0.5, 0.6) is 0 Å². The number of aryl methyl sites for hydroxylation is 1. The quantitative estimate of drug-likeness (QED) is 0.505. The average molecular weight is 436 g/mol. The third-order valence-electron chi connectivity index (χ3n) is 6.37. The van der Waals surface area contributed by atoms with Crippen molar-refractivity contribution in [2.24, 2.45) is 11.7 Å². The second-order valence-electron chi connectivity index (χ2n) is 9.25. The van der Waals surface area contributed by atoms with Crippen LogP contribution in [0.3, 0.4) is 0 Å². The largest absolute Gasteiger partial charge is 0.402 e. The van der Waals surface area contributed by atoms with E-state index in [9.17, 15) is 0 Å². The molecule has 2 aromatic heterocycles. The molecule has 0 spiro atoms. The van der Waals surface area contributed by atoms with Crippen molar-refractivity contribution >= 4 is 23.0 Å². The molecule has 170 valence electrons. The standard InChI is InChI=1S/C23H33N9/c1-6-32-21(15-10-26-14(4)27-11-15)30-19-20(28-12-29-22(19)32)31-23(5)8-7-17(24)16(9-23)18(25)13(2)3/h10-13,21,25,30H,6-9,24H2,1-5H3,(H,28,29,31). The van der Waals surface area contributed by atoms with Gasteiger partial charge in [-0.3, -0.25) is 0 Å². The van der Waals surface area contributed by atoms with Gasteiger partial charge in [0.25, 0.3) is 0 Å². The van der Waals surface area contributed by atoms with Crippen LogP contribution in [-0.4, -0.2) is 37.7 Å². The molecule has 0 saturated carbocycles. The number of fused-ring (bicyclic) bond motifs is 1. The summed E-state index contributed by atoms with van der Waals surface area (Å²) in [7, 11) is 0. The molecule has 0 radical (unpaired) electrons. The molecule has 4 rings (SSSR count). The number of anilines is 3. The van der Waals surface area contributed by atoms with E-state index in [1.165, 1.54) is 0 Å². The Morgan fingerprint density at radius 1 is 1.31 bits per heavy atom. The number of aromatic nitrogens is 4. The normalized spacial score (nSPS) is 22.7. The van der Waals surface area contributed by atoms with Crippen molar-refractivity contribution in [1.82, 2.24) is 19.9 Å². The van der Waals surface area contributed by atoms with Gasteiger partial charge in [0, 0.05) is 41.4 Å².